The van der Waals surface area contributed by atoms with Crippen LogP contribution in [0.2, 0.25) is 0 Å². The van der Waals surface area contributed by atoms with Crippen LogP contribution in [0.5, 0.6) is 0 Å². The van der Waals surface area contributed by atoms with Crippen LogP contribution in [0, 0.1) is 5.41 Å². The highest BCUT2D eigenvalue weighted by molar-refractivity contribution is 5.74. The molecule has 210 valence electrons. The van der Waals surface area contributed by atoms with E-state index in [1.165, 1.54) is 24.0 Å². The van der Waals surface area contributed by atoms with Crippen LogP contribution >= 0.6 is 0 Å². The van der Waals surface area contributed by atoms with Crippen LogP contribution in [0.25, 0.3) is 0 Å². The van der Waals surface area contributed by atoms with Gasteiger partial charge in [0.1, 0.15) is 17.7 Å². The molecule has 3 aromatic rings. The monoisotopic (exact) mass is 533 g/mol. The summed E-state index contributed by atoms with van der Waals surface area (Å²) in [5, 5.41) is 10.1. The first kappa shape index (κ1) is 27.6. The van der Waals surface area contributed by atoms with E-state index in [0.29, 0.717) is 25.7 Å². The number of aliphatic carboxylic acids is 1. The van der Waals surface area contributed by atoms with E-state index in [2.05, 4.69) is 72.7 Å². The highest BCUT2D eigenvalue weighted by atomic mass is 16.4. The zero-order valence-electron chi connectivity index (χ0n) is 23.4. The van der Waals surface area contributed by atoms with E-state index < -0.39 is 12.0 Å². The van der Waals surface area contributed by atoms with Crippen LogP contribution in [-0.4, -0.2) is 77.4 Å². The summed E-state index contributed by atoms with van der Waals surface area (Å²) in [6.45, 7) is 10.4. The van der Waals surface area contributed by atoms with E-state index in [9.17, 15) is 9.90 Å². The highest BCUT2D eigenvalue weighted by Crippen LogP contribution is 2.44. The normalized spacial score (nSPS) is 19.9. The number of aromatic nitrogens is 4. The SMILES string of the molecule is CCC(CC)N1CCC2(CC1)CC(C(=O)O)N(Cc1ccc(CN(Cc3ncc[nH]3)Cc3ncc[nH]3)cc1)C2. The van der Waals surface area contributed by atoms with Crippen LogP contribution in [0.3, 0.4) is 0 Å². The zero-order valence-corrected chi connectivity index (χ0v) is 23.4. The summed E-state index contributed by atoms with van der Waals surface area (Å²) in [5.41, 5.74) is 2.50. The molecule has 1 spiro atoms. The van der Waals surface area contributed by atoms with Gasteiger partial charge in [-0.15, -0.1) is 0 Å². The minimum atomic E-state index is -0.683. The van der Waals surface area contributed by atoms with Gasteiger partial charge in [-0.3, -0.25) is 14.6 Å². The molecule has 2 aliphatic rings. The molecule has 1 atom stereocenters. The maximum absolute atomic E-state index is 12.3. The second-order valence-electron chi connectivity index (χ2n) is 11.5. The van der Waals surface area contributed by atoms with Gasteiger partial charge in [-0.2, -0.15) is 0 Å². The Balaban J connectivity index is 1.21. The minimum absolute atomic E-state index is 0.129. The van der Waals surface area contributed by atoms with Crippen LogP contribution in [-0.2, 0) is 31.0 Å². The van der Waals surface area contributed by atoms with Gasteiger partial charge in [0.25, 0.3) is 0 Å². The van der Waals surface area contributed by atoms with Gasteiger partial charge in [-0.1, -0.05) is 38.1 Å². The molecule has 0 aliphatic carbocycles. The Morgan fingerprint density at radius 1 is 1.00 bits per heavy atom. The van der Waals surface area contributed by atoms with Gasteiger partial charge >= 0.3 is 5.97 Å². The molecule has 9 heteroatoms. The van der Waals surface area contributed by atoms with E-state index >= 15 is 0 Å². The third-order valence-corrected chi connectivity index (χ3v) is 8.88. The van der Waals surface area contributed by atoms with E-state index in [-0.39, 0.29) is 5.41 Å². The summed E-state index contributed by atoms with van der Waals surface area (Å²) in [4.78, 5) is 34.6. The van der Waals surface area contributed by atoms with Gasteiger partial charge in [0, 0.05) is 50.5 Å². The number of nitrogens with one attached hydrogen (secondary N) is 2. The molecule has 2 aliphatic heterocycles. The lowest BCUT2D eigenvalue weighted by Gasteiger charge is -2.42. The molecular weight excluding hydrogens is 490 g/mol. The van der Waals surface area contributed by atoms with Crippen molar-refractivity contribution in [2.45, 2.75) is 84.2 Å². The summed E-state index contributed by atoms with van der Waals surface area (Å²) in [6.07, 6.45) is 12.6. The molecule has 1 aromatic carbocycles. The average Bonchev–Trinajstić information content (AvgIpc) is 3.70. The van der Waals surface area contributed by atoms with Crippen molar-refractivity contribution in [3.8, 4) is 0 Å². The van der Waals surface area contributed by atoms with Crippen LogP contribution in [0.4, 0.5) is 0 Å². The molecule has 0 amide bonds. The van der Waals surface area contributed by atoms with Crippen molar-refractivity contribution in [2.24, 2.45) is 5.41 Å². The Morgan fingerprint density at radius 3 is 2.10 bits per heavy atom. The standard InChI is InChI=1S/C30H43N7O2/c1-3-25(4-2)36-15-9-30(10-16-36)17-26(29(38)39)37(22-30)19-24-7-5-23(6-8-24)18-35(20-27-31-11-12-32-27)21-28-33-13-14-34-28/h5-8,11-14,25-26H,3-4,9-10,15-22H2,1-2H3,(H,31,32)(H,33,34)(H,38,39). The van der Waals surface area contributed by atoms with E-state index in [1.54, 1.807) is 12.4 Å². The molecule has 2 saturated heterocycles. The molecular formula is C30H43N7O2. The lowest BCUT2D eigenvalue weighted by Crippen LogP contribution is -2.45. The summed E-state index contributed by atoms with van der Waals surface area (Å²) in [5.74, 6) is 1.16. The maximum atomic E-state index is 12.3. The average molecular weight is 534 g/mol. The Kier molecular flexibility index (Phi) is 8.79. The first-order valence-corrected chi connectivity index (χ1v) is 14.4. The number of nitrogens with zero attached hydrogens (tertiary/aromatic N) is 5. The van der Waals surface area contributed by atoms with Crippen molar-refractivity contribution in [1.82, 2.24) is 34.6 Å². The van der Waals surface area contributed by atoms with Gasteiger partial charge in [-0.05, 0) is 61.7 Å². The summed E-state index contributed by atoms with van der Waals surface area (Å²) < 4.78 is 0. The van der Waals surface area contributed by atoms with Crippen LogP contribution in [0.1, 0.15) is 68.7 Å². The van der Waals surface area contributed by atoms with Crippen LogP contribution < -0.4 is 0 Å². The minimum Gasteiger partial charge on any atom is -0.480 e. The van der Waals surface area contributed by atoms with Gasteiger partial charge in [-0.25, -0.2) is 9.97 Å². The second kappa shape index (κ2) is 12.4. The predicted octanol–water partition coefficient (Wildman–Crippen LogP) is 4.26. The number of hydrogen-bond donors (Lipinski definition) is 3. The van der Waals surface area contributed by atoms with Gasteiger partial charge in [0.15, 0.2) is 0 Å². The zero-order chi connectivity index (χ0) is 27.2. The molecule has 2 aromatic heterocycles. The summed E-state index contributed by atoms with van der Waals surface area (Å²) >= 11 is 0. The Morgan fingerprint density at radius 2 is 1.59 bits per heavy atom. The number of hydrogen-bond acceptors (Lipinski definition) is 6. The van der Waals surface area contributed by atoms with Crippen molar-refractivity contribution in [2.75, 3.05) is 19.6 Å². The van der Waals surface area contributed by atoms with Crippen molar-refractivity contribution >= 4 is 5.97 Å². The lowest BCUT2D eigenvalue weighted by atomic mass is 9.76. The molecule has 5 rings (SSSR count). The second-order valence-corrected chi connectivity index (χ2v) is 11.5. The number of carbonyl (C=O) groups is 1. The number of carboxylic acids is 1. The first-order chi connectivity index (χ1) is 19.0. The maximum Gasteiger partial charge on any atom is 0.320 e. The van der Waals surface area contributed by atoms with Gasteiger partial charge in [0.05, 0.1) is 13.1 Å². The van der Waals surface area contributed by atoms with E-state index in [1.807, 2.05) is 12.4 Å². The number of H-pyrrole nitrogens is 2. The molecule has 1 unspecified atom stereocenters. The molecule has 4 heterocycles. The number of likely N-dealkylation sites (tertiary alicyclic amines) is 2. The van der Waals surface area contributed by atoms with Crippen molar-refractivity contribution in [1.29, 1.82) is 0 Å². The molecule has 2 fully saturated rings. The molecule has 9 nitrogen and oxygen atoms in total. The van der Waals surface area contributed by atoms with Crippen molar-refractivity contribution < 1.29 is 9.90 Å². The molecule has 0 bridgehead atoms. The van der Waals surface area contributed by atoms with Crippen molar-refractivity contribution in [3.05, 3.63) is 71.8 Å². The predicted molar refractivity (Wildman–Crippen MR) is 151 cm³/mol. The third-order valence-electron chi connectivity index (χ3n) is 8.88. The molecule has 0 radical (unpaired) electrons. The smallest absolute Gasteiger partial charge is 0.320 e. The Labute approximate surface area is 231 Å². The largest absolute Gasteiger partial charge is 0.480 e. The third kappa shape index (κ3) is 6.77. The lowest BCUT2D eigenvalue weighted by molar-refractivity contribution is -0.142. The first-order valence-electron chi connectivity index (χ1n) is 14.4. The molecule has 0 saturated carbocycles. The van der Waals surface area contributed by atoms with Crippen LogP contribution in [0.15, 0.2) is 49.1 Å². The van der Waals surface area contributed by atoms with E-state index in [4.69, 9.17) is 0 Å². The quantitative estimate of drug-likeness (QED) is 0.319. The molecule has 3 N–H and O–H groups in total. The van der Waals surface area contributed by atoms with Crippen molar-refractivity contribution in [3.63, 3.8) is 0 Å². The number of benzene rings is 1. The van der Waals surface area contributed by atoms with E-state index in [0.717, 1.165) is 57.1 Å². The van der Waals surface area contributed by atoms with Gasteiger partial charge in [0.2, 0.25) is 0 Å². The fraction of sp³-hybridized carbons (Fsp3) is 0.567. The summed E-state index contributed by atoms with van der Waals surface area (Å²) in [6, 6.07) is 8.91. The fourth-order valence-corrected chi connectivity index (χ4v) is 6.69. The number of aromatic amines is 2. The summed E-state index contributed by atoms with van der Waals surface area (Å²) in [7, 11) is 0. The Bertz CT molecular complexity index is 1110. The highest BCUT2D eigenvalue weighted by Gasteiger charge is 2.48. The fourth-order valence-electron chi connectivity index (χ4n) is 6.69. The topological polar surface area (TPSA) is 104 Å². The Hall–Kier alpha value is -3.01. The molecule has 39 heavy (non-hydrogen) atoms. The number of piperidine rings is 1. The number of carboxylic acid groups (broad SMARTS) is 1. The number of rotatable bonds is 12. The number of imidazole rings is 2. The van der Waals surface area contributed by atoms with Gasteiger partial charge < -0.3 is 20.0 Å².